The molecule has 1 aromatic carbocycles. The Balaban J connectivity index is 2.49. The molecule has 0 aliphatic carbocycles. The van der Waals surface area contributed by atoms with Crippen LogP contribution in [0, 0.1) is 12.8 Å². The van der Waals surface area contributed by atoms with Crippen LogP contribution in [0.5, 0.6) is 5.75 Å². The van der Waals surface area contributed by atoms with Gasteiger partial charge >= 0.3 is 0 Å². The van der Waals surface area contributed by atoms with Gasteiger partial charge in [-0.15, -0.1) is 11.6 Å². The standard InChI is InChI=1S/C15H24ClNO/c1-4-13(7-8-16)10-17-11-14-9-12(2)5-6-15(14)18-3/h5-6,9,13,17H,4,7-8,10-11H2,1-3H3. The van der Waals surface area contributed by atoms with Gasteiger partial charge in [0.1, 0.15) is 5.75 Å². The Morgan fingerprint density at radius 3 is 2.78 bits per heavy atom. The fourth-order valence-electron chi connectivity index (χ4n) is 2.06. The highest BCUT2D eigenvalue weighted by Gasteiger charge is 2.07. The Hall–Kier alpha value is -0.730. The second kappa shape index (κ2) is 8.39. The van der Waals surface area contributed by atoms with Crippen LogP contribution in [0.3, 0.4) is 0 Å². The second-order valence-corrected chi connectivity index (χ2v) is 5.08. The number of hydrogen-bond acceptors (Lipinski definition) is 2. The molecule has 0 spiro atoms. The number of benzene rings is 1. The van der Waals surface area contributed by atoms with E-state index in [2.05, 4.69) is 31.3 Å². The lowest BCUT2D eigenvalue weighted by Crippen LogP contribution is -2.22. The molecule has 1 atom stereocenters. The van der Waals surface area contributed by atoms with Crippen molar-refractivity contribution in [2.24, 2.45) is 5.92 Å². The molecule has 102 valence electrons. The van der Waals surface area contributed by atoms with Gasteiger partial charge in [0.15, 0.2) is 0 Å². The third kappa shape index (κ3) is 4.87. The maximum atomic E-state index is 5.79. The maximum Gasteiger partial charge on any atom is 0.123 e. The summed E-state index contributed by atoms with van der Waals surface area (Å²) in [5.41, 5.74) is 2.48. The molecule has 0 aromatic heterocycles. The largest absolute Gasteiger partial charge is 0.496 e. The average Bonchev–Trinajstić information content (AvgIpc) is 2.38. The number of nitrogens with one attached hydrogen (secondary N) is 1. The van der Waals surface area contributed by atoms with E-state index in [4.69, 9.17) is 16.3 Å². The lowest BCUT2D eigenvalue weighted by atomic mass is 10.0. The minimum absolute atomic E-state index is 0.665. The van der Waals surface area contributed by atoms with Gasteiger partial charge in [0, 0.05) is 18.0 Å². The van der Waals surface area contributed by atoms with Crippen LogP contribution in [0.25, 0.3) is 0 Å². The summed E-state index contributed by atoms with van der Waals surface area (Å²) < 4.78 is 5.37. The molecule has 0 heterocycles. The first kappa shape index (κ1) is 15.3. The van der Waals surface area contributed by atoms with Gasteiger partial charge in [0.25, 0.3) is 0 Å². The zero-order valence-corrected chi connectivity index (χ0v) is 12.4. The summed E-state index contributed by atoms with van der Waals surface area (Å²) in [7, 11) is 1.72. The first-order chi connectivity index (χ1) is 8.71. The van der Waals surface area contributed by atoms with Gasteiger partial charge in [-0.05, 0) is 31.9 Å². The topological polar surface area (TPSA) is 21.3 Å². The molecule has 1 unspecified atom stereocenters. The third-order valence-electron chi connectivity index (χ3n) is 3.28. The summed E-state index contributed by atoms with van der Waals surface area (Å²) in [5, 5.41) is 3.50. The van der Waals surface area contributed by atoms with Crippen LogP contribution in [-0.4, -0.2) is 19.5 Å². The van der Waals surface area contributed by atoms with Gasteiger partial charge in [-0.2, -0.15) is 0 Å². The Morgan fingerprint density at radius 2 is 2.17 bits per heavy atom. The minimum atomic E-state index is 0.665. The summed E-state index contributed by atoms with van der Waals surface area (Å²) in [5.74, 6) is 2.37. The van der Waals surface area contributed by atoms with E-state index >= 15 is 0 Å². The van der Waals surface area contributed by atoms with Crippen molar-refractivity contribution in [2.45, 2.75) is 33.2 Å². The van der Waals surface area contributed by atoms with E-state index in [-0.39, 0.29) is 0 Å². The number of halogens is 1. The third-order valence-corrected chi connectivity index (χ3v) is 3.50. The number of aryl methyl sites for hydroxylation is 1. The van der Waals surface area contributed by atoms with Crippen LogP contribution >= 0.6 is 11.6 Å². The fraction of sp³-hybridized carbons (Fsp3) is 0.600. The van der Waals surface area contributed by atoms with Gasteiger partial charge in [-0.3, -0.25) is 0 Å². The van der Waals surface area contributed by atoms with E-state index in [0.29, 0.717) is 5.92 Å². The predicted molar refractivity (Wildman–Crippen MR) is 78.6 cm³/mol. The van der Waals surface area contributed by atoms with Crippen LogP contribution in [0.4, 0.5) is 0 Å². The molecular weight excluding hydrogens is 246 g/mol. The number of methoxy groups -OCH3 is 1. The van der Waals surface area contributed by atoms with Crippen molar-refractivity contribution in [3.63, 3.8) is 0 Å². The molecule has 0 saturated carbocycles. The minimum Gasteiger partial charge on any atom is -0.496 e. The molecular formula is C15H24ClNO. The predicted octanol–water partition coefficient (Wildman–Crippen LogP) is 3.75. The van der Waals surface area contributed by atoms with Gasteiger partial charge in [0.2, 0.25) is 0 Å². The first-order valence-corrected chi connectivity index (χ1v) is 7.14. The number of rotatable bonds is 8. The number of alkyl halides is 1. The zero-order chi connectivity index (χ0) is 13.4. The van der Waals surface area contributed by atoms with Crippen molar-refractivity contribution >= 4 is 11.6 Å². The molecule has 0 saturated heterocycles. The van der Waals surface area contributed by atoms with E-state index in [0.717, 1.165) is 31.1 Å². The molecule has 1 aromatic rings. The monoisotopic (exact) mass is 269 g/mol. The van der Waals surface area contributed by atoms with Crippen LogP contribution in [0.15, 0.2) is 18.2 Å². The summed E-state index contributed by atoms with van der Waals surface area (Å²) in [6.45, 7) is 6.18. The summed E-state index contributed by atoms with van der Waals surface area (Å²) in [4.78, 5) is 0. The summed E-state index contributed by atoms with van der Waals surface area (Å²) in [6, 6.07) is 6.28. The lowest BCUT2D eigenvalue weighted by Gasteiger charge is -2.15. The van der Waals surface area contributed by atoms with Crippen molar-refractivity contribution < 1.29 is 4.74 Å². The van der Waals surface area contributed by atoms with Crippen molar-refractivity contribution in [3.8, 4) is 5.75 Å². The SMILES string of the molecule is CCC(CCCl)CNCc1cc(C)ccc1OC. The van der Waals surface area contributed by atoms with Crippen LogP contribution in [0.2, 0.25) is 0 Å². The molecule has 0 amide bonds. The van der Waals surface area contributed by atoms with Crippen molar-refractivity contribution in [1.82, 2.24) is 5.32 Å². The molecule has 0 aliphatic heterocycles. The Morgan fingerprint density at radius 1 is 1.39 bits per heavy atom. The highest BCUT2D eigenvalue weighted by atomic mass is 35.5. The molecule has 0 fully saturated rings. The van der Waals surface area contributed by atoms with E-state index in [9.17, 15) is 0 Å². The van der Waals surface area contributed by atoms with E-state index in [1.54, 1.807) is 7.11 Å². The average molecular weight is 270 g/mol. The van der Waals surface area contributed by atoms with Crippen LogP contribution in [-0.2, 0) is 6.54 Å². The van der Waals surface area contributed by atoms with Gasteiger partial charge in [-0.25, -0.2) is 0 Å². The highest BCUT2D eigenvalue weighted by molar-refractivity contribution is 6.17. The first-order valence-electron chi connectivity index (χ1n) is 6.61. The Bertz CT molecular complexity index is 354. The maximum absolute atomic E-state index is 5.79. The van der Waals surface area contributed by atoms with Crippen molar-refractivity contribution in [2.75, 3.05) is 19.5 Å². The van der Waals surface area contributed by atoms with E-state index in [1.807, 2.05) is 6.07 Å². The number of hydrogen-bond donors (Lipinski definition) is 1. The molecule has 1 rings (SSSR count). The summed E-state index contributed by atoms with van der Waals surface area (Å²) >= 11 is 5.79. The highest BCUT2D eigenvalue weighted by Crippen LogP contribution is 2.19. The van der Waals surface area contributed by atoms with E-state index < -0.39 is 0 Å². The van der Waals surface area contributed by atoms with Crippen LogP contribution < -0.4 is 10.1 Å². The molecule has 0 bridgehead atoms. The molecule has 3 heteroatoms. The molecule has 1 N–H and O–H groups in total. The summed E-state index contributed by atoms with van der Waals surface area (Å²) in [6.07, 6.45) is 2.25. The lowest BCUT2D eigenvalue weighted by molar-refractivity contribution is 0.403. The molecule has 0 radical (unpaired) electrons. The van der Waals surface area contributed by atoms with E-state index in [1.165, 1.54) is 17.5 Å². The second-order valence-electron chi connectivity index (χ2n) is 4.70. The van der Waals surface area contributed by atoms with Crippen molar-refractivity contribution in [1.29, 1.82) is 0 Å². The zero-order valence-electron chi connectivity index (χ0n) is 11.6. The molecule has 0 aliphatic rings. The van der Waals surface area contributed by atoms with Crippen LogP contribution in [0.1, 0.15) is 30.9 Å². The Kier molecular flexibility index (Phi) is 7.14. The quantitative estimate of drug-likeness (QED) is 0.726. The smallest absolute Gasteiger partial charge is 0.123 e. The normalized spacial score (nSPS) is 12.4. The number of ether oxygens (including phenoxy) is 1. The van der Waals surface area contributed by atoms with Gasteiger partial charge in [0.05, 0.1) is 7.11 Å². The Labute approximate surface area is 116 Å². The molecule has 2 nitrogen and oxygen atoms in total. The van der Waals surface area contributed by atoms with Gasteiger partial charge in [-0.1, -0.05) is 31.0 Å². The fourth-order valence-corrected chi connectivity index (χ4v) is 2.37. The molecule has 18 heavy (non-hydrogen) atoms. The van der Waals surface area contributed by atoms with Gasteiger partial charge < -0.3 is 10.1 Å². The van der Waals surface area contributed by atoms with Crippen molar-refractivity contribution in [3.05, 3.63) is 29.3 Å².